The lowest BCUT2D eigenvalue weighted by Crippen LogP contribution is -2.15. The number of rotatable bonds is 4. The predicted molar refractivity (Wildman–Crippen MR) is 61.6 cm³/mol. The van der Waals surface area contributed by atoms with E-state index < -0.39 is 5.97 Å². The molecular formula is C11H12Cl2O2. The average Bonchev–Trinajstić information content (AvgIpc) is 2.12. The van der Waals surface area contributed by atoms with Crippen molar-refractivity contribution < 1.29 is 9.90 Å². The van der Waals surface area contributed by atoms with Crippen LogP contribution in [0.2, 0.25) is 10.0 Å². The maximum atomic E-state index is 10.8. The molecule has 0 amide bonds. The molecule has 0 fully saturated rings. The lowest BCUT2D eigenvalue weighted by molar-refractivity contribution is -0.141. The van der Waals surface area contributed by atoms with Gasteiger partial charge in [-0.15, -0.1) is 0 Å². The minimum absolute atomic E-state index is 0.375. The third-order valence-corrected chi connectivity index (χ3v) is 2.68. The van der Waals surface area contributed by atoms with Gasteiger partial charge in [0.1, 0.15) is 0 Å². The number of benzene rings is 1. The lowest BCUT2D eigenvalue weighted by atomic mass is 9.97. The minimum atomic E-state index is -0.784. The Balaban J connectivity index is 2.83. The Morgan fingerprint density at radius 2 is 1.87 bits per heavy atom. The Kier molecular flexibility index (Phi) is 4.43. The summed E-state index contributed by atoms with van der Waals surface area (Å²) in [5.74, 6) is -1.16. The van der Waals surface area contributed by atoms with Gasteiger partial charge in [-0.1, -0.05) is 30.1 Å². The standard InChI is InChI=1S/C11H12Cl2O2/c1-2-8(11(14)15)3-7-4-9(12)6-10(13)5-7/h4-6,8H,2-3H2,1H3,(H,14,15)/t8-/m1/s1. The van der Waals surface area contributed by atoms with E-state index in [4.69, 9.17) is 28.3 Å². The van der Waals surface area contributed by atoms with Crippen molar-refractivity contribution in [1.82, 2.24) is 0 Å². The first kappa shape index (κ1) is 12.3. The van der Waals surface area contributed by atoms with Gasteiger partial charge in [-0.25, -0.2) is 0 Å². The molecule has 1 rings (SSSR count). The molecule has 0 bridgehead atoms. The van der Waals surface area contributed by atoms with Gasteiger partial charge >= 0.3 is 5.97 Å². The zero-order chi connectivity index (χ0) is 11.4. The number of hydrogen-bond donors (Lipinski definition) is 1. The van der Waals surface area contributed by atoms with Crippen molar-refractivity contribution in [2.45, 2.75) is 19.8 Å². The van der Waals surface area contributed by atoms with Crippen molar-refractivity contribution >= 4 is 29.2 Å². The molecular weight excluding hydrogens is 235 g/mol. The fourth-order valence-electron chi connectivity index (χ4n) is 1.42. The van der Waals surface area contributed by atoms with E-state index in [1.165, 1.54) is 0 Å². The number of carbonyl (C=O) groups is 1. The summed E-state index contributed by atoms with van der Waals surface area (Å²) in [7, 11) is 0. The Labute approximate surface area is 98.8 Å². The van der Waals surface area contributed by atoms with Crippen LogP contribution in [-0.2, 0) is 11.2 Å². The topological polar surface area (TPSA) is 37.3 Å². The fraction of sp³-hybridized carbons (Fsp3) is 0.364. The summed E-state index contributed by atoms with van der Waals surface area (Å²) in [6.07, 6.45) is 1.06. The summed E-state index contributed by atoms with van der Waals surface area (Å²) in [5, 5.41) is 9.99. The maximum absolute atomic E-state index is 10.8. The van der Waals surface area contributed by atoms with Gasteiger partial charge in [0.15, 0.2) is 0 Å². The molecule has 0 saturated heterocycles. The first-order chi connectivity index (χ1) is 7.02. The quantitative estimate of drug-likeness (QED) is 0.881. The normalized spacial score (nSPS) is 12.5. The van der Waals surface area contributed by atoms with E-state index in [-0.39, 0.29) is 5.92 Å². The first-order valence-corrected chi connectivity index (χ1v) is 5.46. The van der Waals surface area contributed by atoms with Crippen molar-refractivity contribution in [3.8, 4) is 0 Å². The van der Waals surface area contributed by atoms with Crippen LogP contribution in [0.1, 0.15) is 18.9 Å². The highest BCUT2D eigenvalue weighted by molar-refractivity contribution is 6.34. The van der Waals surface area contributed by atoms with Gasteiger partial charge in [0.05, 0.1) is 5.92 Å². The van der Waals surface area contributed by atoms with Crippen LogP contribution in [0.3, 0.4) is 0 Å². The van der Waals surface area contributed by atoms with Crippen molar-refractivity contribution in [1.29, 1.82) is 0 Å². The van der Waals surface area contributed by atoms with Crippen LogP contribution >= 0.6 is 23.2 Å². The summed E-state index contributed by atoms with van der Waals surface area (Å²) in [6, 6.07) is 5.13. The van der Waals surface area contributed by atoms with E-state index in [1.54, 1.807) is 18.2 Å². The Morgan fingerprint density at radius 3 is 2.27 bits per heavy atom. The van der Waals surface area contributed by atoms with E-state index in [0.29, 0.717) is 22.9 Å². The summed E-state index contributed by atoms with van der Waals surface area (Å²) < 4.78 is 0. The zero-order valence-corrected chi connectivity index (χ0v) is 9.85. The predicted octanol–water partition coefficient (Wildman–Crippen LogP) is 3.65. The van der Waals surface area contributed by atoms with Gasteiger partial charge in [0, 0.05) is 10.0 Å². The second kappa shape index (κ2) is 5.38. The molecule has 1 atom stereocenters. The molecule has 0 aliphatic heterocycles. The third kappa shape index (κ3) is 3.73. The lowest BCUT2D eigenvalue weighted by Gasteiger charge is -2.10. The van der Waals surface area contributed by atoms with Crippen LogP contribution in [0, 0.1) is 5.92 Å². The number of carboxylic acid groups (broad SMARTS) is 1. The number of hydrogen-bond acceptors (Lipinski definition) is 1. The second-order valence-electron chi connectivity index (χ2n) is 3.43. The van der Waals surface area contributed by atoms with Crippen molar-refractivity contribution in [3.05, 3.63) is 33.8 Å². The van der Waals surface area contributed by atoms with Crippen LogP contribution in [0.4, 0.5) is 0 Å². The summed E-state index contributed by atoms with van der Waals surface area (Å²) in [4.78, 5) is 10.8. The van der Waals surface area contributed by atoms with Crippen molar-refractivity contribution in [3.63, 3.8) is 0 Å². The molecule has 0 aliphatic rings. The molecule has 2 nitrogen and oxygen atoms in total. The van der Waals surface area contributed by atoms with Gasteiger partial charge in [-0.2, -0.15) is 0 Å². The molecule has 0 heterocycles. The summed E-state index contributed by atoms with van der Waals surface area (Å²) in [5.41, 5.74) is 0.863. The van der Waals surface area contributed by atoms with Crippen molar-refractivity contribution in [2.24, 2.45) is 5.92 Å². The molecule has 0 saturated carbocycles. The molecule has 0 aliphatic carbocycles. The average molecular weight is 247 g/mol. The summed E-state index contributed by atoms with van der Waals surface area (Å²) >= 11 is 11.6. The third-order valence-electron chi connectivity index (χ3n) is 2.25. The molecule has 0 radical (unpaired) electrons. The Morgan fingerprint density at radius 1 is 1.33 bits per heavy atom. The first-order valence-electron chi connectivity index (χ1n) is 4.70. The smallest absolute Gasteiger partial charge is 0.306 e. The highest BCUT2D eigenvalue weighted by atomic mass is 35.5. The number of aliphatic carboxylic acids is 1. The molecule has 82 valence electrons. The van der Waals surface area contributed by atoms with E-state index in [1.807, 2.05) is 6.92 Å². The molecule has 1 aromatic rings. The zero-order valence-electron chi connectivity index (χ0n) is 8.34. The maximum Gasteiger partial charge on any atom is 0.306 e. The van der Waals surface area contributed by atoms with E-state index in [0.717, 1.165) is 5.56 Å². The number of carboxylic acids is 1. The Hall–Kier alpha value is -0.730. The molecule has 0 aromatic heterocycles. The van der Waals surface area contributed by atoms with Crippen LogP contribution in [0.15, 0.2) is 18.2 Å². The summed E-state index contributed by atoms with van der Waals surface area (Å²) in [6.45, 7) is 1.85. The van der Waals surface area contributed by atoms with Crippen LogP contribution < -0.4 is 0 Å². The van der Waals surface area contributed by atoms with Gasteiger partial charge in [0.25, 0.3) is 0 Å². The fourth-order valence-corrected chi connectivity index (χ4v) is 1.99. The van der Waals surface area contributed by atoms with E-state index >= 15 is 0 Å². The van der Waals surface area contributed by atoms with Gasteiger partial charge in [-0.3, -0.25) is 4.79 Å². The van der Waals surface area contributed by atoms with Gasteiger partial charge < -0.3 is 5.11 Å². The van der Waals surface area contributed by atoms with E-state index in [9.17, 15) is 4.79 Å². The highest BCUT2D eigenvalue weighted by Crippen LogP contribution is 2.22. The largest absolute Gasteiger partial charge is 0.481 e. The molecule has 0 unspecified atom stereocenters. The van der Waals surface area contributed by atoms with E-state index in [2.05, 4.69) is 0 Å². The highest BCUT2D eigenvalue weighted by Gasteiger charge is 2.15. The van der Waals surface area contributed by atoms with Gasteiger partial charge in [-0.05, 0) is 36.6 Å². The number of halogens is 2. The van der Waals surface area contributed by atoms with Crippen LogP contribution in [0.25, 0.3) is 0 Å². The van der Waals surface area contributed by atoms with Crippen LogP contribution in [0.5, 0.6) is 0 Å². The Bertz CT molecular complexity index is 343. The molecule has 15 heavy (non-hydrogen) atoms. The van der Waals surface area contributed by atoms with Gasteiger partial charge in [0.2, 0.25) is 0 Å². The molecule has 0 spiro atoms. The SMILES string of the molecule is CC[C@H](Cc1cc(Cl)cc(Cl)c1)C(=O)O. The molecule has 1 N–H and O–H groups in total. The minimum Gasteiger partial charge on any atom is -0.481 e. The van der Waals surface area contributed by atoms with Crippen LogP contribution in [-0.4, -0.2) is 11.1 Å². The monoisotopic (exact) mass is 246 g/mol. The molecule has 4 heteroatoms. The van der Waals surface area contributed by atoms with Crippen molar-refractivity contribution in [2.75, 3.05) is 0 Å². The molecule has 1 aromatic carbocycles. The second-order valence-corrected chi connectivity index (χ2v) is 4.30.